The van der Waals surface area contributed by atoms with Crippen molar-refractivity contribution in [1.29, 1.82) is 15.8 Å². The second-order valence-electron chi connectivity index (χ2n) is 8.67. The van der Waals surface area contributed by atoms with Crippen LogP contribution in [0.2, 0.25) is 0 Å². The summed E-state index contributed by atoms with van der Waals surface area (Å²) < 4.78 is 25.9. The maximum Gasteiger partial charge on any atom is 0.410 e. The van der Waals surface area contributed by atoms with Gasteiger partial charge in [0.25, 0.3) is 0 Å². The van der Waals surface area contributed by atoms with E-state index < -0.39 is 35.1 Å². The number of halogens is 1. The first-order valence-corrected chi connectivity index (χ1v) is 11.2. The summed E-state index contributed by atoms with van der Waals surface area (Å²) in [7, 11) is 1.42. The van der Waals surface area contributed by atoms with Crippen molar-refractivity contribution in [2.24, 2.45) is 17.3 Å². The Kier molecular flexibility index (Phi) is 6.72. The molecule has 0 saturated heterocycles. The molecule has 1 aliphatic heterocycles. The van der Waals surface area contributed by atoms with Crippen LogP contribution in [0.1, 0.15) is 17.0 Å². The lowest BCUT2D eigenvalue weighted by atomic mass is 9.54. The lowest BCUT2D eigenvalue weighted by Crippen LogP contribution is -2.62. The molecule has 1 heterocycles. The molecule has 36 heavy (non-hydrogen) atoms. The van der Waals surface area contributed by atoms with Gasteiger partial charge < -0.3 is 14.4 Å². The first-order valence-electron chi connectivity index (χ1n) is 11.2. The highest BCUT2D eigenvalue weighted by Crippen LogP contribution is 2.53. The van der Waals surface area contributed by atoms with Crippen molar-refractivity contribution in [3.05, 3.63) is 77.1 Å². The van der Waals surface area contributed by atoms with Crippen LogP contribution in [0, 0.1) is 57.1 Å². The number of carbonyl (C=O) groups is 1. The maximum atomic E-state index is 15.2. The van der Waals surface area contributed by atoms with Gasteiger partial charge in [-0.15, -0.1) is 0 Å². The van der Waals surface area contributed by atoms with Gasteiger partial charge >= 0.3 is 6.09 Å². The van der Waals surface area contributed by atoms with E-state index in [1.807, 2.05) is 42.5 Å². The molecule has 8 nitrogen and oxygen atoms in total. The third-order valence-corrected chi connectivity index (χ3v) is 6.84. The number of amides is 1. The van der Waals surface area contributed by atoms with Crippen LogP contribution in [0.15, 0.2) is 60.2 Å². The number of carbonyl (C=O) groups excluding carboxylic acids is 1. The molecule has 4 rings (SSSR count). The van der Waals surface area contributed by atoms with E-state index in [-0.39, 0.29) is 31.0 Å². The molecular formula is C27H23FN5O3+. The minimum absolute atomic E-state index is 0.0113. The maximum absolute atomic E-state index is 15.2. The Balaban J connectivity index is 1.76. The second-order valence-corrected chi connectivity index (χ2v) is 8.67. The molecule has 2 aromatic rings. The van der Waals surface area contributed by atoms with Crippen molar-refractivity contribution in [3.8, 4) is 24.0 Å². The summed E-state index contributed by atoms with van der Waals surface area (Å²) in [5.41, 5.74) is -0.743. The number of nitriles is 3. The van der Waals surface area contributed by atoms with E-state index in [9.17, 15) is 20.6 Å². The molecule has 1 saturated carbocycles. The number of nitrogens with zero attached hydrogens (tertiary/aromatic N) is 4. The van der Waals surface area contributed by atoms with E-state index in [4.69, 9.17) is 14.9 Å². The second kappa shape index (κ2) is 9.90. The number of rotatable bonds is 4. The van der Waals surface area contributed by atoms with Crippen LogP contribution < -0.4 is 10.1 Å². The number of fused-ring (bicyclic) bond motifs is 1. The fraction of sp³-hybridized carbons (Fsp3) is 0.296. The Morgan fingerprint density at radius 3 is 2.56 bits per heavy atom. The van der Waals surface area contributed by atoms with Crippen LogP contribution in [0.5, 0.6) is 5.75 Å². The summed E-state index contributed by atoms with van der Waals surface area (Å²) in [5.74, 6) is -3.18. The van der Waals surface area contributed by atoms with Crippen molar-refractivity contribution in [3.63, 3.8) is 0 Å². The third kappa shape index (κ3) is 4.04. The smallest absolute Gasteiger partial charge is 0.410 e. The van der Waals surface area contributed by atoms with Gasteiger partial charge in [0.1, 0.15) is 24.1 Å². The van der Waals surface area contributed by atoms with Gasteiger partial charge in [0.2, 0.25) is 11.1 Å². The molecule has 2 N–H and O–H groups in total. The molecule has 2 aromatic carbocycles. The lowest BCUT2D eigenvalue weighted by molar-refractivity contribution is -0.128. The highest BCUT2D eigenvalue weighted by molar-refractivity contribution is 5.99. The molecule has 0 spiro atoms. The molecule has 0 unspecified atom stereocenters. The van der Waals surface area contributed by atoms with Crippen molar-refractivity contribution in [2.75, 3.05) is 20.2 Å². The summed E-state index contributed by atoms with van der Waals surface area (Å²) in [5, 5.41) is 36.6. The van der Waals surface area contributed by atoms with Crippen LogP contribution in [0.3, 0.4) is 0 Å². The summed E-state index contributed by atoms with van der Waals surface area (Å²) in [6, 6.07) is 19.3. The lowest BCUT2D eigenvalue weighted by Gasteiger charge is -2.45. The van der Waals surface area contributed by atoms with E-state index in [1.54, 1.807) is 6.08 Å². The molecule has 0 radical (unpaired) electrons. The van der Waals surface area contributed by atoms with E-state index in [1.165, 1.54) is 30.2 Å². The first kappa shape index (κ1) is 24.4. The third-order valence-electron chi connectivity index (χ3n) is 6.84. The zero-order valence-electron chi connectivity index (χ0n) is 19.5. The average Bonchev–Trinajstić information content (AvgIpc) is 2.92. The number of benzene rings is 2. The van der Waals surface area contributed by atoms with E-state index in [0.717, 1.165) is 5.56 Å². The van der Waals surface area contributed by atoms with Gasteiger partial charge in [-0.3, -0.25) is 5.41 Å². The number of methoxy groups -OCH3 is 1. The largest absolute Gasteiger partial charge is 0.497 e. The predicted octanol–water partition coefficient (Wildman–Crippen LogP) is 2.50. The number of nitrogens with two attached hydrogens (primary N) is 1. The van der Waals surface area contributed by atoms with Crippen LogP contribution in [0.25, 0.3) is 0 Å². The Labute approximate surface area is 207 Å². The van der Waals surface area contributed by atoms with Crippen molar-refractivity contribution in [1.82, 2.24) is 4.90 Å². The summed E-state index contributed by atoms with van der Waals surface area (Å²) >= 11 is 0. The van der Waals surface area contributed by atoms with E-state index >= 15 is 4.39 Å². The van der Waals surface area contributed by atoms with E-state index in [0.29, 0.717) is 11.3 Å². The van der Waals surface area contributed by atoms with E-state index in [2.05, 4.69) is 6.07 Å². The SMILES string of the molecule is COc1ccc(F)c([C@H]2[C@@H]3CN(C(=O)OCc4ccccc4)CC=C3[C@H](C#N)C(=[NH2+])C2(C#N)C#N)c1. The average molecular weight is 485 g/mol. The molecule has 1 aliphatic carbocycles. The van der Waals surface area contributed by atoms with Gasteiger partial charge in [-0.1, -0.05) is 36.4 Å². The molecule has 0 bridgehead atoms. The van der Waals surface area contributed by atoms with Crippen molar-refractivity contribution < 1.29 is 24.1 Å². The zero-order chi connectivity index (χ0) is 25.9. The van der Waals surface area contributed by atoms with Gasteiger partial charge in [0, 0.05) is 24.9 Å². The van der Waals surface area contributed by atoms with Crippen molar-refractivity contribution >= 4 is 11.8 Å². The fourth-order valence-electron chi connectivity index (χ4n) is 5.04. The first-order chi connectivity index (χ1) is 17.4. The van der Waals surface area contributed by atoms with Gasteiger partial charge in [-0.2, -0.15) is 15.8 Å². The quantitative estimate of drug-likeness (QED) is 0.663. The highest BCUT2D eigenvalue weighted by atomic mass is 19.1. The summed E-state index contributed by atoms with van der Waals surface area (Å²) in [4.78, 5) is 14.3. The number of ether oxygens (including phenoxy) is 2. The molecule has 2 aliphatic rings. The molecule has 180 valence electrons. The van der Waals surface area contributed by atoms with Crippen molar-refractivity contribution in [2.45, 2.75) is 12.5 Å². The Bertz CT molecular complexity index is 1340. The molecule has 1 amide bonds. The molecule has 3 atom stereocenters. The standard InChI is InChI=1S/C27H22FN5O3/c1-35-18-7-8-23(28)20(11-18)24-22-13-33(26(34)36-14-17-5-3-2-4-6-17)10-9-19(22)21(12-29)25(32)27(24,15-30)16-31/h2-9,11,21-22,24,32H,10,13-14H2,1H3/p+1/t21-,22+,24-/m0/s1. The van der Waals surface area contributed by atoms with Gasteiger partial charge in [-0.25, -0.2) is 9.18 Å². The van der Waals surface area contributed by atoms with Crippen LogP contribution >= 0.6 is 0 Å². The molecule has 1 fully saturated rings. The molecular weight excluding hydrogens is 461 g/mol. The Morgan fingerprint density at radius 1 is 1.19 bits per heavy atom. The minimum atomic E-state index is -2.01. The molecule has 0 aromatic heterocycles. The topological polar surface area (TPSA) is 136 Å². The van der Waals surface area contributed by atoms with Crippen LogP contribution in [0.4, 0.5) is 9.18 Å². The Hall–Kier alpha value is -4.68. The van der Waals surface area contributed by atoms with Gasteiger partial charge in [-0.05, 0) is 34.9 Å². The zero-order valence-corrected chi connectivity index (χ0v) is 19.5. The highest BCUT2D eigenvalue weighted by Gasteiger charge is 2.61. The predicted molar refractivity (Wildman–Crippen MR) is 125 cm³/mol. The monoisotopic (exact) mass is 484 g/mol. The van der Waals surface area contributed by atoms with Crippen LogP contribution in [-0.4, -0.2) is 36.9 Å². The van der Waals surface area contributed by atoms with Gasteiger partial charge in [0.15, 0.2) is 0 Å². The molecule has 9 heteroatoms. The summed E-state index contributed by atoms with van der Waals surface area (Å²) in [6.45, 7) is 0.217. The summed E-state index contributed by atoms with van der Waals surface area (Å²) in [6.07, 6.45) is 1.08. The number of hydrogen-bond acceptors (Lipinski definition) is 6. The Morgan fingerprint density at radius 2 is 1.92 bits per heavy atom. The number of hydrogen-bond donors (Lipinski definition) is 1. The van der Waals surface area contributed by atoms with Crippen LogP contribution in [-0.2, 0) is 11.3 Å². The normalized spacial score (nSPS) is 22.2. The minimum Gasteiger partial charge on any atom is -0.497 e. The van der Waals surface area contributed by atoms with Gasteiger partial charge in [0.05, 0.1) is 25.3 Å². The fourth-order valence-corrected chi connectivity index (χ4v) is 5.04.